The molecule has 4 rings (SSSR count). The Morgan fingerprint density at radius 3 is 2.52 bits per heavy atom. The molecule has 1 atom stereocenters. The Labute approximate surface area is 187 Å². The van der Waals surface area contributed by atoms with Crippen molar-refractivity contribution < 1.29 is 27.2 Å². The summed E-state index contributed by atoms with van der Waals surface area (Å²) in [5, 5.41) is 8.41. The third kappa shape index (κ3) is 4.20. The molecular weight excluding hydrogens is 437 g/mol. The van der Waals surface area contributed by atoms with E-state index in [-0.39, 0.29) is 13.0 Å². The minimum absolute atomic E-state index is 0.191. The normalized spacial score (nSPS) is 13.8. The van der Waals surface area contributed by atoms with Crippen LogP contribution in [0, 0.1) is 6.92 Å². The topological polar surface area (TPSA) is 82.5 Å². The molecular formula is C23H21F3N4O3. The van der Waals surface area contributed by atoms with Gasteiger partial charge in [-0.2, -0.15) is 18.3 Å². The zero-order chi connectivity index (χ0) is 23.8. The van der Waals surface area contributed by atoms with Crippen molar-refractivity contribution in [3.8, 4) is 11.1 Å². The molecule has 33 heavy (non-hydrogen) atoms. The van der Waals surface area contributed by atoms with E-state index in [0.29, 0.717) is 33.9 Å². The maximum Gasteiger partial charge on any atom is 0.416 e. The quantitative estimate of drug-likeness (QED) is 0.387. The predicted molar refractivity (Wildman–Crippen MR) is 112 cm³/mol. The van der Waals surface area contributed by atoms with Crippen LogP contribution in [-0.4, -0.2) is 32.3 Å². The Morgan fingerprint density at radius 1 is 1.18 bits per heavy atom. The van der Waals surface area contributed by atoms with Gasteiger partial charge in [0.1, 0.15) is 11.2 Å². The van der Waals surface area contributed by atoms with Crippen molar-refractivity contribution in [1.82, 2.24) is 19.8 Å². The number of rotatable bonds is 6. The molecule has 0 spiro atoms. The van der Waals surface area contributed by atoms with Gasteiger partial charge in [0.2, 0.25) is 0 Å². The van der Waals surface area contributed by atoms with Gasteiger partial charge in [0.15, 0.2) is 5.65 Å². The molecule has 0 saturated carbocycles. The number of carbonyl (C=O) groups is 1. The molecule has 1 aromatic carbocycles. The van der Waals surface area contributed by atoms with E-state index in [2.05, 4.69) is 15.2 Å². The summed E-state index contributed by atoms with van der Waals surface area (Å²) in [7, 11) is 0. The minimum atomic E-state index is -4.42. The van der Waals surface area contributed by atoms with Crippen LogP contribution >= 0.6 is 0 Å². The van der Waals surface area contributed by atoms with Crippen molar-refractivity contribution in [2.24, 2.45) is 0 Å². The number of alkyl halides is 3. The van der Waals surface area contributed by atoms with Crippen LogP contribution in [0.25, 0.3) is 16.8 Å². The van der Waals surface area contributed by atoms with Crippen LogP contribution in [0.2, 0.25) is 0 Å². The van der Waals surface area contributed by atoms with Crippen LogP contribution in [0.4, 0.5) is 13.2 Å². The van der Waals surface area contributed by atoms with Gasteiger partial charge in [-0.15, -0.1) is 0 Å². The summed E-state index contributed by atoms with van der Waals surface area (Å²) in [5.74, 6) is 0.143. The largest absolute Gasteiger partial charge is 0.465 e. The Kier molecular flexibility index (Phi) is 5.69. The third-order valence-electron chi connectivity index (χ3n) is 5.43. The summed E-state index contributed by atoms with van der Waals surface area (Å²) in [6.07, 6.45) is -1.19. The number of ether oxygens (including phenoxy) is 1. The number of aromatic nitrogens is 4. The molecule has 0 aliphatic heterocycles. The smallest absolute Gasteiger partial charge is 0.416 e. The molecule has 3 heterocycles. The van der Waals surface area contributed by atoms with Gasteiger partial charge in [-0.1, -0.05) is 17.3 Å². The first-order valence-electron chi connectivity index (χ1n) is 10.2. The van der Waals surface area contributed by atoms with Crippen LogP contribution in [0.5, 0.6) is 0 Å². The van der Waals surface area contributed by atoms with E-state index in [9.17, 15) is 18.0 Å². The SMILES string of the molecule is CCOC(=O)C(C)(Cc1cc(C)on1)c1ccnc2c(-c3ccc(C(F)(F)F)cc3)cnn12. The van der Waals surface area contributed by atoms with Crippen LogP contribution in [-0.2, 0) is 27.5 Å². The molecule has 0 saturated heterocycles. The number of benzene rings is 1. The Bertz CT molecular complexity index is 1290. The van der Waals surface area contributed by atoms with E-state index in [4.69, 9.17) is 9.26 Å². The predicted octanol–water partition coefficient (Wildman–Crippen LogP) is 4.78. The van der Waals surface area contributed by atoms with Gasteiger partial charge in [-0.25, -0.2) is 9.50 Å². The van der Waals surface area contributed by atoms with Crippen LogP contribution in [0.1, 0.15) is 36.6 Å². The molecule has 0 aliphatic rings. The molecule has 7 nitrogen and oxygen atoms in total. The monoisotopic (exact) mass is 458 g/mol. The molecule has 0 amide bonds. The van der Waals surface area contributed by atoms with Crippen molar-refractivity contribution in [1.29, 1.82) is 0 Å². The lowest BCUT2D eigenvalue weighted by Gasteiger charge is -2.27. The van der Waals surface area contributed by atoms with Crippen molar-refractivity contribution in [2.75, 3.05) is 6.61 Å². The molecule has 1 unspecified atom stereocenters. The zero-order valence-electron chi connectivity index (χ0n) is 18.2. The minimum Gasteiger partial charge on any atom is -0.465 e. The molecule has 3 aromatic heterocycles. The molecule has 0 fully saturated rings. The van der Waals surface area contributed by atoms with Gasteiger partial charge < -0.3 is 9.26 Å². The average Bonchev–Trinajstić information content (AvgIpc) is 3.39. The Balaban J connectivity index is 1.81. The van der Waals surface area contributed by atoms with Crippen LogP contribution in [0.15, 0.2) is 53.3 Å². The molecule has 4 aromatic rings. The van der Waals surface area contributed by atoms with E-state index in [0.717, 1.165) is 12.1 Å². The lowest BCUT2D eigenvalue weighted by molar-refractivity contribution is -0.149. The summed E-state index contributed by atoms with van der Waals surface area (Å²) in [4.78, 5) is 17.5. The van der Waals surface area contributed by atoms with E-state index < -0.39 is 23.1 Å². The molecule has 10 heteroatoms. The molecule has 0 radical (unpaired) electrons. The highest BCUT2D eigenvalue weighted by Gasteiger charge is 2.41. The highest BCUT2D eigenvalue weighted by Crippen LogP contribution is 2.34. The van der Waals surface area contributed by atoms with Gasteiger partial charge in [-0.05, 0) is 44.5 Å². The third-order valence-corrected chi connectivity index (χ3v) is 5.43. The first-order valence-corrected chi connectivity index (χ1v) is 10.2. The molecule has 172 valence electrons. The number of nitrogens with zero attached hydrogens (tertiary/aromatic N) is 4. The molecule has 0 bridgehead atoms. The van der Waals surface area contributed by atoms with Gasteiger partial charge >= 0.3 is 12.1 Å². The van der Waals surface area contributed by atoms with Gasteiger partial charge in [0.05, 0.1) is 29.8 Å². The number of hydrogen-bond donors (Lipinski definition) is 0. The first kappa shape index (κ1) is 22.5. The second kappa shape index (κ2) is 8.34. The summed E-state index contributed by atoms with van der Waals surface area (Å²) >= 11 is 0. The van der Waals surface area contributed by atoms with E-state index in [1.54, 1.807) is 32.9 Å². The lowest BCUT2D eigenvalue weighted by Crippen LogP contribution is -2.39. The standard InChI is InChI=1S/C23H21F3N4O3/c1-4-32-21(31)22(3,12-17-11-14(2)33-29-17)19-9-10-27-20-18(13-28-30(19)20)15-5-7-16(8-6-15)23(24,25)26/h5-11,13H,4,12H2,1-3H3. The maximum absolute atomic E-state index is 13.1. The van der Waals surface area contributed by atoms with E-state index in [1.165, 1.54) is 29.0 Å². The van der Waals surface area contributed by atoms with Gasteiger partial charge in [0, 0.05) is 24.2 Å². The van der Waals surface area contributed by atoms with Crippen molar-refractivity contribution in [3.63, 3.8) is 0 Å². The number of hydrogen-bond acceptors (Lipinski definition) is 6. The van der Waals surface area contributed by atoms with Crippen molar-refractivity contribution >= 4 is 11.6 Å². The van der Waals surface area contributed by atoms with Crippen LogP contribution in [0.3, 0.4) is 0 Å². The van der Waals surface area contributed by atoms with E-state index >= 15 is 0 Å². The number of carbonyl (C=O) groups excluding carboxylic acids is 1. The average molecular weight is 458 g/mol. The van der Waals surface area contributed by atoms with Crippen LogP contribution < -0.4 is 0 Å². The highest BCUT2D eigenvalue weighted by atomic mass is 19.4. The summed E-state index contributed by atoms with van der Waals surface area (Å²) in [5.41, 5.74) is 0.618. The number of fused-ring (bicyclic) bond motifs is 1. The number of aryl methyl sites for hydroxylation is 1. The second-order valence-electron chi connectivity index (χ2n) is 7.86. The fourth-order valence-electron chi connectivity index (χ4n) is 3.77. The number of halogens is 3. The maximum atomic E-state index is 13.1. The van der Waals surface area contributed by atoms with Crippen molar-refractivity contribution in [3.05, 3.63) is 71.5 Å². The Hall–Kier alpha value is -3.69. The fourth-order valence-corrected chi connectivity index (χ4v) is 3.77. The molecule has 0 N–H and O–H groups in total. The zero-order valence-corrected chi connectivity index (χ0v) is 18.2. The Morgan fingerprint density at radius 2 is 1.91 bits per heavy atom. The second-order valence-corrected chi connectivity index (χ2v) is 7.86. The van der Waals surface area contributed by atoms with E-state index in [1.807, 2.05) is 0 Å². The van der Waals surface area contributed by atoms with Gasteiger partial charge in [-0.3, -0.25) is 4.79 Å². The molecule has 0 aliphatic carbocycles. The van der Waals surface area contributed by atoms with Gasteiger partial charge in [0.25, 0.3) is 0 Å². The lowest BCUT2D eigenvalue weighted by atomic mass is 9.81. The number of esters is 1. The summed E-state index contributed by atoms with van der Waals surface area (Å²) in [6, 6.07) is 8.18. The summed E-state index contributed by atoms with van der Waals surface area (Å²) < 4.78 is 50.8. The summed E-state index contributed by atoms with van der Waals surface area (Å²) in [6.45, 7) is 5.39. The first-order chi connectivity index (χ1) is 15.6. The highest BCUT2D eigenvalue weighted by molar-refractivity contribution is 5.84. The fraction of sp³-hybridized carbons (Fsp3) is 0.304. The van der Waals surface area contributed by atoms with Crippen molar-refractivity contribution in [2.45, 2.75) is 38.8 Å².